The van der Waals surface area contributed by atoms with Gasteiger partial charge in [-0.1, -0.05) is 24.3 Å². The van der Waals surface area contributed by atoms with Crippen LogP contribution in [0.1, 0.15) is 49.7 Å². The van der Waals surface area contributed by atoms with Gasteiger partial charge in [0, 0.05) is 26.2 Å². The predicted octanol–water partition coefficient (Wildman–Crippen LogP) is 4.01. The van der Waals surface area contributed by atoms with Gasteiger partial charge in [0.15, 0.2) is 0 Å². The first kappa shape index (κ1) is 23.3. The van der Waals surface area contributed by atoms with Crippen LogP contribution >= 0.6 is 0 Å². The number of nitrogens with zero attached hydrogens (tertiary/aromatic N) is 2. The molecule has 174 valence electrons. The molecule has 0 atom stereocenters. The highest BCUT2D eigenvalue weighted by molar-refractivity contribution is 5.24. The van der Waals surface area contributed by atoms with E-state index in [1.807, 2.05) is 0 Å². The number of likely N-dealkylation sites (tertiary alicyclic amines) is 2. The van der Waals surface area contributed by atoms with Gasteiger partial charge < -0.3 is 20.0 Å². The van der Waals surface area contributed by atoms with Gasteiger partial charge in [-0.15, -0.1) is 0 Å². The van der Waals surface area contributed by atoms with Gasteiger partial charge in [0.2, 0.25) is 0 Å². The largest absolute Gasteiger partial charge is 0.385 e. The molecular formula is C26H34F2N2O2. The first-order chi connectivity index (χ1) is 15.4. The lowest BCUT2D eigenvalue weighted by atomic mass is 9.84. The topological polar surface area (TPSA) is 46.9 Å². The Labute approximate surface area is 189 Å². The van der Waals surface area contributed by atoms with E-state index in [9.17, 15) is 19.0 Å². The zero-order valence-electron chi connectivity index (χ0n) is 18.6. The molecule has 0 bridgehead atoms. The highest BCUT2D eigenvalue weighted by Gasteiger charge is 2.35. The second-order valence-corrected chi connectivity index (χ2v) is 9.47. The van der Waals surface area contributed by atoms with Crippen LogP contribution in [-0.2, 0) is 11.2 Å². The molecule has 2 N–H and O–H groups in total. The van der Waals surface area contributed by atoms with Gasteiger partial charge in [0.25, 0.3) is 0 Å². The Morgan fingerprint density at radius 1 is 0.594 bits per heavy atom. The molecule has 0 aliphatic carbocycles. The van der Waals surface area contributed by atoms with Crippen molar-refractivity contribution in [3.05, 3.63) is 71.3 Å². The molecule has 0 radical (unpaired) electrons. The van der Waals surface area contributed by atoms with Crippen molar-refractivity contribution in [2.24, 2.45) is 0 Å². The summed E-state index contributed by atoms with van der Waals surface area (Å²) < 4.78 is 26.3. The normalized spacial score (nSPS) is 21.5. The molecule has 2 saturated heterocycles. The Hall–Kier alpha value is -1.86. The van der Waals surface area contributed by atoms with Crippen molar-refractivity contribution in [1.29, 1.82) is 0 Å². The van der Waals surface area contributed by atoms with E-state index in [2.05, 4.69) is 9.80 Å². The van der Waals surface area contributed by atoms with Gasteiger partial charge >= 0.3 is 0 Å². The summed E-state index contributed by atoms with van der Waals surface area (Å²) in [6, 6.07) is 12.5. The minimum Gasteiger partial charge on any atom is -0.385 e. The van der Waals surface area contributed by atoms with Crippen LogP contribution in [0.4, 0.5) is 8.78 Å². The molecule has 4 rings (SSSR count). The van der Waals surface area contributed by atoms with Crippen LogP contribution < -0.4 is 0 Å². The highest BCUT2D eigenvalue weighted by atomic mass is 19.1. The lowest BCUT2D eigenvalue weighted by molar-refractivity contribution is -0.0292. The molecule has 0 amide bonds. The molecule has 6 heteroatoms. The molecule has 0 unspecified atom stereocenters. The number of hydrogen-bond donors (Lipinski definition) is 2. The van der Waals surface area contributed by atoms with Crippen molar-refractivity contribution in [1.82, 2.24) is 9.80 Å². The average Bonchev–Trinajstić information content (AvgIpc) is 2.80. The number of piperidine rings is 2. The highest BCUT2D eigenvalue weighted by Crippen LogP contribution is 2.34. The average molecular weight is 445 g/mol. The summed E-state index contributed by atoms with van der Waals surface area (Å²) in [5.74, 6) is -0.549. The first-order valence-electron chi connectivity index (χ1n) is 11.8. The number of aliphatic hydroxyl groups is 2. The Morgan fingerprint density at radius 2 is 0.906 bits per heavy atom. The molecule has 2 aromatic carbocycles. The zero-order chi connectivity index (χ0) is 22.6. The number of unbranched alkanes of at least 4 members (excludes halogenated alkanes) is 1. The molecule has 2 heterocycles. The second kappa shape index (κ2) is 9.96. The lowest BCUT2D eigenvalue weighted by Gasteiger charge is -2.39. The molecule has 2 aliphatic heterocycles. The maximum atomic E-state index is 13.2. The third-order valence-electron chi connectivity index (χ3n) is 7.33. The van der Waals surface area contributed by atoms with E-state index in [1.54, 1.807) is 24.3 Å². The molecule has 0 saturated carbocycles. The van der Waals surface area contributed by atoms with Crippen LogP contribution in [-0.4, -0.2) is 59.3 Å². The van der Waals surface area contributed by atoms with Gasteiger partial charge in [-0.2, -0.15) is 0 Å². The van der Waals surface area contributed by atoms with Crippen LogP contribution in [0.3, 0.4) is 0 Å². The first-order valence-corrected chi connectivity index (χ1v) is 11.8. The van der Waals surface area contributed by atoms with Gasteiger partial charge in [-0.3, -0.25) is 0 Å². The fraction of sp³-hybridized carbons (Fsp3) is 0.538. The van der Waals surface area contributed by atoms with E-state index in [1.165, 1.54) is 24.3 Å². The number of benzene rings is 2. The minimum atomic E-state index is -0.848. The van der Waals surface area contributed by atoms with Crippen molar-refractivity contribution >= 4 is 0 Å². The Balaban J connectivity index is 1.14. The third kappa shape index (κ3) is 5.54. The molecule has 0 spiro atoms. The van der Waals surface area contributed by atoms with E-state index in [-0.39, 0.29) is 11.6 Å². The van der Waals surface area contributed by atoms with Crippen LogP contribution in [0.25, 0.3) is 0 Å². The van der Waals surface area contributed by atoms with E-state index >= 15 is 0 Å². The Kier molecular flexibility index (Phi) is 7.25. The van der Waals surface area contributed by atoms with Crippen molar-refractivity contribution < 1.29 is 19.0 Å². The van der Waals surface area contributed by atoms with Crippen LogP contribution in [0.15, 0.2) is 48.5 Å². The smallest absolute Gasteiger partial charge is 0.123 e. The summed E-state index contributed by atoms with van der Waals surface area (Å²) in [5, 5.41) is 21.9. The van der Waals surface area contributed by atoms with Crippen molar-refractivity contribution in [2.45, 2.75) is 49.7 Å². The Morgan fingerprint density at radius 3 is 1.22 bits per heavy atom. The van der Waals surface area contributed by atoms with E-state index in [0.29, 0.717) is 25.7 Å². The summed E-state index contributed by atoms with van der Waals surface area (Å²) in [4.78, 5) is 4.81. The van der Waals surface area contributed by atoms with Crippen LogP contribution in [0.2, 0.25) is 0 Å². The summed E-state index contributed by atoms with van der Waals surface area (Å²) in [7, 11) is 0. The van der Waals surface area contributed by atoms with Crippen molar-refractivity contribution in [3.63, 3.8) is 0 Å². The number of rotatable bonds is 7. The molecule has 4 nitrogen and oxygen atoms in total. The fourth-order valence-corrected chi connectivity index (χ4v) is 5.06. The molecular weight excluding hydrogens is 410 g/mol. The van der Waals surface area contributed by atoms with Gasteiger partial charge in [-0.05, 0) is 87.0 Å². The van der Waals surface area contributed by atoms with Crippen LogP contribution in [0.5, 0.6) is 0 Å². The summed E-state index contributed by atoms with van der Waals surface area (Å²) in [6.07, 6.45) is 4.90. The quantitative estimate of drug-likeness (QED) is 0.634. The van der Waals surface area contributed by atoms with E-state index in [0.717, 1.165) is 63.2 Å². The summed E-state index contributed by atoms with van der Waals surface area (Å²) in [6.45, 7) is 5.44. The number of halogens is 2. The van der Waals surface area contributed by atoms with Crippen molar-refractivity contribution in [3.8, 4) is 0 Å². The molecule has 2 aromatic rings. The molecule has 32 heavy (non-hydrogen) atoms. The Bertz CT molecular complexity index is 783. The van der Waals surface area contributed by atoms with Crippen molar-refractivity contribution in [2.75, 3.05) is 39.3 Å². The maximum absolute atomic E-state index is 13.2. The van der Waals surface area contributed by atoms with E-state index in [4.69, 9.17) is 0 Å². The van der Waals surface area contributed by atoms with E-state index < -0.39 is 11.2 Å². The third-order valence-corrected chi connectivity index (χ3v) is 7.33. The van der Waals surface area contributed by atoms with Crippen LogP contribution in [0, 0.1) is 11.6 Å². The fourth-order valence-electron chi connectivity index (χ4n) is 5.06. The van der Waals surface area contributed by atoms with Gasteiger partial charge in [0.1, 0.15) is 11.6 Å². The summed E-state index contributed by atoms with van der Waals surface area (Å²) >= 11 is 0. The molecule has 2 aliphatic rings. The second-order valence-electron chi connectivity index (χ2n) is 9.47. The maximum Gasteiger partial charge on any atom is 0.123 e. The lowest BCUT2D eigenvalue weighted by Crippen LogP contribution is -2.44. The molecule has 0 aromatic heterocycles. The van der Waals surface area contributed by atoms with Gasteiger partial charge in [-0.25, -0.2) is 8.78 Å². The zero-order valence-corrected chi connectivity index (χ0v) is 18.6. The van der Waals surface area contributed by atoms with Gasteiger partial charge in [0.05, 0.1) is 11.2 Å². The number of hydrogen-bond acceptors (Lipinski definition) is 4. The summed E-state index contributed by atoms with van der Waals surface area (Å²) in [5.41, 5.74) is -0.0768. The monoisotopic (exact) mass is 444 g/mol. The SMILES string of the molecule is OC1(c2ccc(F)cc2)CCN(CCCCN2CCC(O)(c3ccc(F)cc3)CC2)CC1. The predicted molar refractivity (Wildman–Crippen MR) is 121 cm³/mol. The molecule has 2 fully saturated rings. The standard InChI is InChI=1S/C26H34F2N2O2/c27-23-7-3-21(4-8-23)25(31)11-17-29(18-12-25)15-1-2-16-30-19-13-26(32,14-20-30)22-5-9-24(28)10-6-22/h3-10,31-32H,1-2,11-20H2. The minimum absolute atomic E-state index is 0.274.